The minimum atomic E-state index is -0.571. The van der Waals surface area contributed by atoms with Crippen molar-refractivity contribution in [2.75, 3.05) is 14.2 Å². The Bertz CT molecular complexity index is 1440. The van der Waals surface area contributed by atoms with Crippen LogP contribution < -0.4 is 10.1 Å². The summed E-state index contributed by atoms with van der Waals surface area (Å²) in [4.78, 5) is 29.0. The zero-order chi connectivity index (χ0) is 24.7. The average Bonchev–Trinajstić information content (AvgIpc) is 3.20. The number of hydrogen-bond acceptors (Lipinski definition) is 3. The second-order valence-electron chi connectivity index (χ2n) is 8.81. The molecular weight excluding hydrogens is 506 g/mol. The van der Waals surface area contributed by atoms with Crippen LogP contribution in [-0.4, -0.2) is 35.4 Å². The van der Waals surface area contributed by atoms with Crippen LogP contribution in [0, 0.1) is 0 Å². The molecule has 3 aromatic carbocycles. The number of carbonyl (C=O) groups is 2. The van der Waals surface area contributed by atoms with Crippen molar-refractivity contribution in [3.05, 3.63) is 99.7 Å². The van der Waals surface area contributed by atoms with Gasteiger partial charge in [0.15, 0.2) is 0 Å². The number of nitrogens with zero attached hydrogens (tertiary/aromatic N) is 2. The Morgan fingerprint density at radius 2 is 1.77 bits per heavy atom. The lowest BCUT2D eigenvalue weighted by Gasteiger charge is -2.39. The fraction of sp³-hybridized carbons (Fsp3) is 0.214. The summed E-state index contributed by atoms with van der Waals surface area (Å²) in [5, 5.41) is 4.15. The van der Waals surface area contributed by atoms with Gasteiger partial charge < -0.3 is 19.5 Å². The van der Waals surface area contributed by atoms with Crippen molar-refractivity contribution in [1.82, 2.24) is 14.8 Å². The predicted molar refractivity (Wildman–Crippen MR) is 139 cm³/mol. The summed E-state index contributed by atoms with van der Waals surface area (Å²) in [7, 11) is 5.38. The summed E-state index contributed by atoms with van der Waals surface area (Å²) < 4.78 is 8.43. The van der Waals surface area contributed by atoms with E-state index in [0.29, 0.717) is 17.9 Å². The number of aromatic nitrogens is 1. The second-order valence-corrected chi connectivity index (χ2v) is 9.73. The highest BCUT2D eigenvalue weighted by atomic mass is 79.9. The summed E-state index contributed by atoms with van der Waals surface area (Å²) in [6.45, 7) is 0.306. The molecule has 2 unspecified atom stereocenters. The van der Waals surface area contributed by atoms with Crippen molar-refractivity contribution in [3.8, 4) is 5.75 Å². The van der Waals surface area contributed by atoms with E-state index in [1.165, 1.54) is 0 Å². The molecule has 0 aliphatic carbocycles. The van der Waals surface area contributed by atoms with Crippen LogP contribution in [0.3, 0.4) is 0 Å². The molecule has 5 rings (SSSR count). The van der Waals surface area contributed by atoms with Crippen molar-refractivity contribution in [2.45, 2.75) is 18.5 Å². The monoisotopic (exact) mass is 531 g/mol. The maximum Gasteiger partial charge on any atom is 0.254 e. The number of ether oxygens (including phenoxy) is 1. The molecule has 0 saturated carbocycles. The third-order valence-corrected chi connectivity index (χ3v) is 7.30. The van der Waals surface area contributed by atoms with Gasteiger partial charge in [-0.2, -0.15) is 0 Å². The minimum absolute atomic E-state index is 0.0868. The molecule has 2 atom stereocenters. The van der Waals surface area contributed by atoms with Crippen LogP contribution in [0.15, 0.2) is 77.4 Å². The number of hydrogen-bond donors (Lipinski definition) is 1. The normalized spacial score (nSPS) is 17.4. The first-order chi connectivity index (χ1) is 16.9. The minimum Gasteiger partial charge on any atom is -0.496 e. The van der Waals surface area contributed by atoms with E-state index in [2.05, 4.69) is 21.2 Å². The Hall–Kier alpha value is -3.58. The number of amides is 2. The topological polar surface area (TPSA) is 63.6 Å². The Labute approximate surface area is 212 Å². The smallest absolute Gasteiger partial charge is 0.254 e. The molecule has 2 heterocycles. The number of nitrogens with one attached hydrogen (secondary N) is 1. The first-order valence-electron chi connectivity index (χ1n) is 11.4. The van der Waals surface area contributed by atoms with Crippen LogP contribution in [0.4, 0.5) is 0 Å². The number of rotatable bonds is 5. The fourth-order valence-electron chi connectivity index (χ4n) is 5.13. The van der Waals surface area contributed by atoms with E-state index in [9.17, 15) is 9.59 Å². The zero-order valence-corrected chi connectivity index (χ0v) is 21.4. The van der Waals surface area contributed by atoms with Crippen molar-refractivity contribution in [3.63, 3.8) is 0 Å². The highest BCUT2D eigenvalue weighted by molar-refractivity contribution is 9.10. The first kappa shape index (κ1) is 23.2. The molecule has 1 aliphatic rings. The van der Waals surface area contributed by atoms with Crippen LogP contribution >= 0.6 is 15.9 Å². The summed E-state index contributed by atoms with van der Waals surface area (Å²) in [5.74, 6) is -0.0960. The van der Waals surface area contributed by atoms with Crippen LogP contribution in [0.25, 0.3) is 10.9 Å². The molecule has 0 fully saturated rings. The van der Waals surface area contributed by atoms with E-state index < -0.39 is 12.0 Å². The molecule has 0 bridgehead atoms. The number of methoxy groups -OCH3 is 1. The molecule has 2 amide bonds. The summed E-state index contributed by atoms with van der Waals surface area (Å²) in [5.41, 5.74) is 4.18. The standard InChI is InChI=1S/C28H26BrN3O3/c1-31-16-22(19-8-6-7-11-23(19)31)26-25(20-9-4-5-10-21(20)28(34)32(26)2)27(33)30-15-17-14-18(29)12-13-24(17)35-3/h4-14,16,25-26H,15H2,1-3H3,(H,30,33). The number of fused-ring (bicyclic) bond motifs is 2. The summed E-state index contributed by atoms with van der Waals surface area (Å²) >= 11 is 3.50. The fourth-order valence-corrected chi connectivity index (χ4v) is 5.54. The Morgan fingerprint density at radius 3 is 2.57 bits per heavy atom. The molecular formula is C28H26BrN3O3. The quantitative estimate of drug-likeness (QED) is 0.386. The first-order valence-corrected chi connectivity index (χ1v) is 12.2. The van der Waals surface area contributed by atoms with Crippen molar-refractivity contribution in [2.24, 2.45) is 7.05 Å². The van der Waals surface area contributed by atoms with E-state index in [-0.39, 0.29) is 11.8 Å². The van der Waals surface area contributed by atoms with Crippen molar-refractivity contribution < 1.29 is 14.3 Å². The van der Waals surface area contributed by atoms with Crippen molar-refractivity contribution >= 4 is 38.6 Å². The highest BCUT2D eigenvalue weighted by Crippen LogP contribution is 2.44. The van der Waals surface area contributed by atoms with Crippen LogP contribution in [0.1, 0.15) is 39.0 Å². The molecule has 1 aromatic heterocycles. The van der Waals surface area contributed by atoms with E-state index in [4.69, 9.17) is 4.74 Å². The number of aryl methyl sites for hydroxylation is 1. The molecule has 6 nitrogen and oxygen atoms in total. The molecule has 0 spiro atoms. The SMILES string of the molecule is COc1ccc(Br)cc1CNC(=O)C1c2ccccc2C(=O)N(C)C1c1cn(C)c2ccccc12. The van der Waals surface area contributed by atoms with Gasteiger partial charge in [-0.25, -0.2) is 0 Å². The van der Waals surface area contributed by atoms with Gasteiger partial charge in [0.05, 0.1) is 19.1 Å². The van der Waals surface area contributed by atoms with E-state index in [1.54, 1.807) is 25.1 Å². The third kappa shape index (κ3) is 4.00. The van der Waals surface area contributed by atoms with E-state index in [0.717, 1.165) is 32.1 Å². The van der Waals surface area contributed by atoms with Crippen LogP contribution in [-0.2, 0) is 18.4 Å². The number of halogens is 1. The molecule has 178 valence electrons. The van der Waals surface area contributed by atoms with Gasteiger partial charge in [-0.05, 0) is 35.9 Å². The van der Waals surface area contributed by atoms with Crippen LogP contribution in [0.5, 0.6) is 5.75 Å². The third-order valence-electron chi connectivity index (χ3n) is 6.80. The van der Waals surface area contributed by atoms with E-state index in [1.807, 2.05) is 78.5 Å². The number of para-hydroxylation sites is 1. The molecule has 0 radical (unpaired) electrons. The largest absolute Gasteiger partial charge is 0.496 e. The highest BCUT2D eigenvalue weighted by Gasteiger charge is 2.43. The molecule has 7 heteroatoms. The lowest BCUT2D eigenvalue weighted by molar-refractivity contribution is -0.124. The number of carbonyl (C=O) groups excluding carboxylic acids is 2. The van der Waals surface area contributed by atoms with Crippen LogP contribution in [0.2, 0.25) is 0 Å². The maximum absolute atomic E-state index is 13.9. The van der Waals surface area contributed by atoms with E-state index >= 15 is 0 Å². The van der Waals surface area contributed by atoms with Gasteiger partial charge in [0, 0.05) is 58.9 Å². The number of benzene rings is 3. The summed E-state index contributed by atoms with van der Waals surface area (Å²) in [6, 6.07) is 20.7. The molecule has 35 heavy (non-hydrogen) atoms. The Kier molecular flexibility index (Phi) is 6.11. The Morgan fingerprint density at radius 1 is 1.03 bits per heavy atom. The van der Waals surface area contributed by atoms with Gasteiger partial charge >= 0.3 is 0 Å². The lowest BCUT2D eigenvalue weighted by Crippen LogP contribution is -2.45. The van der Waals surface area contributed by atoms with Gasteiger partial charge in [0.2, 0.25) is 5.91 Å². The number of likely N-dealkylation sites (N-methyl/N-ethyl adjacent to an activating group) is 1. The molecule has 0 saturated heterocycles. The van der Waals surface area contributed by atoms with Gasteiger partial charge in [-0.1, -0.05) is 52.3 Å². The second kappa shape index (κ2) is 9.23. The summed E-state index contributed by atoms with van der Waals surface area (Å²) in [6.07, 6.45) is 2.03. The lowest BCUT2D eigenvalue weighted by atomic mass is 9.79. The molecule has 4 aromatic rings. The molecule has 1 N–H and O–H groups in total. The Balaban J connectivity index is 1.59. The predicted octanol–water partition coefficient (Wildman–Crippen LogP) is 5.18. The van der Waals surface area contributed by atoms with Crippen molar-refractivity contribution in [1.29, 1.82) is 0 Å². The average molecular weight is 532 g/mol. The maximum atomic E-state index is 13.9. The molecule has 1 aliphatic heterocycles. The van der Waals surface area contributed by atoms with Gasteiger partial charge in [-0.3, -0.25) is 9.59 Å². The van der Waals surface area contributed by atoms with Gasteiger partial charge in [0.25, 0.3) is 5.91 Å². The van der Waals surface area contributed by atoms with Gasteiger partial charge in [0.1, 0.15) is 5.75 Å². The van der Waals surface area contributed by atoms with Gasteiger partial charge in [-0.15, -0.1) is 0 Å². The zero-order valence-electron chi connectivity index (χ0n) is 19.8.